The summed E-state index contributed by atoms with van der Waals surface area (Å²) < 4.78 is 13.1. The summed E-state index contributed by atoms with van der Waals surface area (Å²) in [6.07, 6.45) is 3.55. The average molecular weight is 416 g/mol. The van der Waals surface area contributed by atoms with Crippen molar-refractivity contribution in [3.63, 3.8) is 0 Å². The maximum atomic E-state index is 5.68. The van der Waals surface area contributed by atoms with Gasteiger partial charge in [-0.1, -0.05) is 24.4 Å². The van der Waals surface area contributed by atoms with E-state index in [1.54, 1.807) is 26.6 Å². The molecule has 0 saturated carbocycles. The Morgan fingerprint density at radius 2 is 1.37 bits per heavy atom. The van der Waals surface area contributed by atoms with Gasteiger partial charge in [-0.15, -0.1) is 0 Å². The molecule has 0 aliphatic rings. The first-order valence-electron chi connectivity index (χ1n) is 9.48. The maximum Gasteiger partial charge on any atom is 0.123 e. The fourth-order valence-electron chi connectivity index (χ4n) is 3.22. The van der Waals surface area contributed by atoms with E-state index >= 15 is 0 Å². The van der Waals surface area contributed by atoms with Crippen molar-refractivity contribution in [2.24, 2.45) is 0 Å². The molecule has 4 rings (SSSR count). The van der Waals surface area contributed by atoms with E-state index in [2.05, 4.69) is 4.98 Å². The fourth-order valence-corrected chi connectivity index (χ4v) is 3.44. The molecular formula is C24H21N3O2S. The highest BCUT2D eigenvalue weighted by Gasteiger charge is 2.13. The minimum atomic E-state index is 0.577. The van der Waals surface area contributed by atoms with Crippen molar-refractivity contribution < 1.29 is 9.47 Å². The predicted molar refractivity (Wildman–Crippen MR) is 120 cm³/mol. The molecule has 0 amide bonds. The molecule has 0 fully saturated rings. The molecular weight excluding hydrogens is 394 g/mol. The first-order chi connectivity index (χ1) is 14.7. The van der Waals surface area contributed by atoms with Crippen molar-refractivity contribution in [1.82, 2.24) is 14.8 Å². The van der Waals surface area contributed by atoms with E-state index in [9.17, 15) is 0 Å². The van der Waals surface area contributed by atoms with Crippen LogP contribution in [-0.4, -0.2) is 29.0 Å². The molecule has 4 aromatic rings. The lowest BCUT2D eigenvalue weighted by molar-refractivity contribution is 0.414. The van der Waals surface area contributed by atoms with Gasteiger partial charge in [0, 0.05) is 23.5 Å². The maximum absolute atomic E-state index is 5.68. The van der Waals surface area contributed by atoms with Crippen LogP contribution in [-0.2, 0) is 6.54 Å². The SMILES string of the molecule is COc1ccc(-c2cc(=S)n(Cc3ccncc3)nc2-c2ccc(OC)cc2)cc1. The Morgan fingerprint density at radius 3 is 1.93 bits per heavy atom. The van der Waals surface area contributed by atoms with Crippen LogP contribution in [0, 0.1) is 4.64 Å². The molecule has 0 unspecified atom stereocenters. The highest BCUT2D eigenvalue weighted by Crippen LogP contribution is 2.32. The zero-order chi connectivity index (χ0) is 20.9. The molecule has 2 aromatic heterocycles. The van der Waals surface area contributed by atoms with Crippen LogP contribution in [0.25, 0.3) is 22.4 Å². The van der Waals surface area contributed by atoms with E-state index in [-0.39, 0.29) is 0 Å². The van der Waals surface area contributed by atoms with Gasteiger partial charge in [0.25, 0.3) is 0 Å². The number of pyridine rings is 1. The third-order valence-electron chi connectivity index (χ3n) is 4.84. The standard InChI is InChI=1S/C24H21N3O2S/c1-28-20-7-3-18(4-8-20)22-15-23(30)27(16-17-11-13-25-14-12-17)26-24(22)19-5-9-21(29-2)10-6-19/h3-15H,16H2,1-2H3. The quantitative estimate of drug-likeness (QED) is 0.394. The first kappa shape index (κ1) is 19.8. The second-order valence-corrected chi connectivity index (χ2v) is 7.13. The summed E-state index contributed by atoms with van der Waals surface area (Å²) in [6, 6.07) is 21.7. The molecule has 2 heterocycles. The van der Waals surface area contributed by atoms with Gasteiger partial charge in [-0.25, -0.2) is 4.68 Å². The molecule has 150 valence electrons. The number of methoxy groups -OCH3 is 2. The smallest absolute Gasteiger partial charge is 0.123 e. The molecule has 2 aromatic carbocycles. The van der Waals surface area contributed by atoms with Gasteiger partial charge in [0.05, 0.1) is 26.5 Å². The number of hydrogen-bond acceptors (Lipinski definition) is 5. The van der Waals surface area contributed by atoms with E-state index in [4.69, 9.17) is 26.8 Å². The van der Waals surface area contributed by atoms with Gasteiger partial charge in [0.15, 0.2) is 0 Å². The van der Waals surface area contributed by atoms with E-state index in [1.165, 1.54) is 0 Å². The summed E-state index contributed by atoms with van der Waals surface area (Å²) in [5, 5.41) is 4.93. The van der Waals surface area contributed by atoms with Gasteiger partial charge in [-0.05, 0) is 65.7 Å². The summed E-state index contributed by atoms with van der Waals surface area (Å²) in [4.78, 5) is 4.08. The average Bonchev–Trinajstić information content (AvgIpc) is 2.81. The van der Waals surface area contributed by atoms with Crippen LogP contribution in [0.5, 0.6) is 11.5 Å². The zero-order valence-corrected chi connectivity index (χ0v) is 17.6. The Hall–Kier alpha value is -3.51. The van der Waals surface area contributed by atoms with Gasteiger partial charge in [-0.3, -0.25) is 4.98 Å². The lowest BCUT2D eigenvalue weighted by Crippen LogP contribution is -2.09. The number of ether oxygens (including phenoxy) is 2. The highest BCUT2D eigenvalue weighted by atomic mass is 32.1. The van der Waals surface area contributed by atoms with Crippen LogP contribution in [0.15, 0.2) is 79.1 Å². The second-order valence-electron chi connectivity index (χ2n) is 6.71. The molecule has 0 spiro atoms. The molecule has 5 nitrogen and oxygen atoms in total. The van der Waals surface area contributed by atoms with E-state index in [0.29, 0.717) is 11.2 Å². The van der Waals surface area contributed by atoms with Crippen molar-refractivity contribution in [3.8, 4) is 33.9 Å². The van der Waals surface area contributed by atoms with Crippen LogP contribution in [0.2, 0.25) is 0 Å². The number of benzene rings is 2. The van der Waals surface area contributed by atoms with Crippen molar-refractivity contribution in [2.45, 2.75) is 6.54 Å². The Labute approximate surface area is 180 Å². The van der Waals surface area contributed by atoms with Gasteiger partial charge < -0.3 is 9.47 Å². The molecule has 0 aliphatic heterocycles. The Morgan fingerprint density at radius 1 is 0.800 bits per heavy atom. The second kappa shape index (κ2) is 8.88. The summed E-state index contributed by atoms with van der Waals surface area (Å²) in [5.41, 5.74) is 4.92. The van der Waals surface area contributed by atoms with Crippen LogP contribution in [0.4, 0.5) is 0 Å². The normalized spacial score (nSPS) is 10.6. The largest absolute Gasteiger partial charge is 0.497 e. The van der Waals surface area contributed by atoms with Crippen molar-refractivity contribution in [1.29, 1.82) is 0 Å². The molecule has 0 aliphatic carbocycles. The Balaban J connectivity index is 1.85. The van der Waals surface area contributed by atoms with E-state index in [0.717, 1.165) is 39.4 Å². The third-order valence-corrected chi connectivity index (χ3v) is 5.17. The monoisotopic (exact) mass is 415 g/mol. The van der Waals surface area contributed by atoms with Crippen molar-refractivity contribution in [3.05, 3.63) is 89.3 Å². The van der Waals surface area contributed by atoms with Crippen LogP contribution in [0.1, 0.15) is 5.56 Å². The molecule has 0 atom stereocenters. The minimum Gasteiger partial charge on any atom is -0.497 e. The zero-order valence-electron chi connectivity index (χ0n) is 16.8. The summed E-state index contributed by atoms with van der Waals surface area (Å²) in [7, 11) is 3.32. The molecule has 0 bridgehead atoms. The summed E-state index contributed by atoms with van der Waals surface area (Å²) >= 11 is 5.68. The number of aromatic nitrogens is 3. The lowest BCUT2D eigenvalue weighted by atomic mass is 10.00. The molecule has 0 N–H and O–H groups in total. The van der Waals surface area contributed by atoms with Crippen LogP contribution in [0.3, 0.4) is 0 Å². The number of hydrogen-bond donors (Lipinski definition) is 0. The Kier molecular flexibility index (Phi) is 5.86. The van der Waals surface area contributed by atoms with Gasteiger partial charge in [0.1, 0.15) is 16.1 Å². The minimum absolute atomic E-state index is 0.577. The first-order valence-corrected chi connectivity index (χ1v) is 9.88. The molecule has 0 saturated heterocycles. The van der Waals surface area contributed by atoms with E-state index < -0.39 is 0 Å². The molecule has 30 heavy (non-hydrogen) atoms. The van der Waals surface area contributed by atoms with Gasteiger partial charge >= 0.3 is 0 Å². The topological polar surface area (TPSA) is 49.2 Å². The van der Waals surface area contributed by atoms with Crippen molar-refractivity contribution in [2.75, 3.05) is 14.2 Å². The highest BCUT2D eigenvalue weighted by molar-refractivity contribution is 7.71. The summed E-state index contributed by atoms with van der Waals surface area (Å²) in [5.74, 6) is 1.61. The molecule has 6 heteroatoms. The van der Waals surface area contributed by atoms with Gasteiger partial charge in [-0.2, -0.15) is 5.10 Å². The van der Waals surface area contributed by atoms with Crippen LogP contribution >= 0.6 is 12.2 Å². The fraction of sp³-hybridized carbons (Fsp3) is 0.125. The van der Waals surface area contributed by atoms with Gasteiger partial charge in [0.2, 0.25) is 0 Å². The number of nitrogens with zero attached hydrogens (tertiary/aromatic N) is 3. The Bertz CT molecular complexity index is 1190. The summed E-state index contributed by atoms with van der Waals surface area (Å²) in [6.45, 7) is 0.577. The van der Waals surface area contributed by atoms with E-state index in [1.807, 2.05) is 71.4 Å². The van der Waals surface area contributed by atoms with Crippen LogP contribution < -0.4 is 9.47 Å². The third kappa shape index (κ3) is 4.23. The predicted octanol–water partition coefficient (Wildman–Crippen LogP) is 5.41. The van der Waals surface area contributed by atoms with Crippen molar-refractivity contribution >= 4 is 12.2 Å². The lowest BCUT2D eigenvalue weighted by Gasteiger charge is -2.14. The molecule has 0 radical (unpaired) electrons. The number of rotatable bonds is 6.